The third kappa shape index (κ3) is 6.96. The highest BCUT2D eigenvalue weighted by molar-refractivity contribution is 7.17. The molecule has 1 aromatic carbocycles. The minimum absolute atomic E-state index is 0.120. The first-order valence-corrected chi connectivity index (χ1v) is 12.4. The van der Waals surface area contributed by atoms with Crippen LogP contribution in [0.2, 0.25) is 0 Å². The van der Waals surface area contributed by atoms with E-state index in [9.17, 15) is 9.90 Å². The highest BCUT2D eigenvalue weighted by Gasteiger charge is 2.19. The van der Waals surface area contributed by atoms with E-state index in [2.05, 4.69) is 55.8 Å². The summed E-state index contributed by atoms with van der Waals surface area (Å²) < 4.78 is 5.74. The topological polar surface area (TPSA) is 78.5 Å². The first-order valence-electron chi connectivity index (χ1n) is 11.6. The number of hydrogen-bond acceptors (Lipinski definition) is 6. The van der Waals surface area contributed by atoms with Crippen LogP contribution in [0, 0.1) is 19.8 Å². The molecule has 2 aromatic heterocycles. The number of nitrogens with one attached hydrogen (secondary N) is 1. The van der Waals surface area contributed by atoms with Crippen LogP contribution >= 0.6 is 11.3 Å². The van der Waals surface area contributed by atoms with Gasteiger partial charge >= 0.3 is 0 Å². The van der Waals surface area contributed by atoms with E-state index in [1.807, 2.05) is 26.2 Å². The molecule has 0 fully saturated rings. The van der Waals surface area contributed by atoms with E-state index in [1.165, 1.54) is 22.5 Å². The molecular formula is C26H37N3O3S. The fraction of sp³-hybridized carbons (Fsp3) is 0.538. The normalized spacial score (nSPS) is 13.4. The van der Waals surface area contributed by atoms with Gasteiger partial charge in [0.25, 0.3) is 5.56 Å². The summed E-state index contributed by atoms with van der Waals surface area (Å²) >= 11 is 1.49. The molecule has 33 heavy (non-hydrogen) atoms. The molecule has 0 bridgehead atoms. The van der Waals surface area contributed by atoms with Crippen LogP contribution in [0.4, 0.5) is 0 Å². The Hall–Kier alpha value is -2.06. The van der Waals surface area contributed by atoms with Crippen LogP contribution in [0.25, 0.3) is 21.3 Å². The standard InChI is InChI=1S/C26H37N3O3S/c1-16(2)11-29(12-20(30)14-32-26(5,6)7)13-22-27-24(31)23-21(15-33-25(23)28-22)19-9-8-17(3)18(4)10-19/h8-10,15-16,20,30H,11-14H2,1-7H3,(H,27,28,31)/t20-/m0/s1. The molecule has 0 saturated carbocycles. The fourth-order valence-corrected chi connectivity index (χ4v) is 4.79. The van der Waals surface area contributed by atoms with Gasteiger partial charge in [0.15, 0.2) is 0 Å². The molecule has 3 aromatic rings. The van der Waals surface area contributed by atoms with Crippen LogP contribution in [0.3, 0.4) is 0 Å². The van der Waals surface area contributed by atoms with Gasteiger partial charge in [-0.05, 0) is 57.2 Å². The zero-order chi connectivity index (χ0) is 24.3. The molecule has 180 valence electrons. The summed E-state index contributed by atoms with van der Waals surface area (Å²) in [6, 6.07) is 6.26. The van der Waals surface area contributed by atoms with E-state index < -0.39 is 6.10 Å². The van der Waals surface area contributed by atoms with Crippen molar-refractivity contribution in [3.05, 3.63) is 50.9 Å². The summed E-state index contributed by atoms with van der Waals surface area (Å²) in [5.41, 5.74) is 3.97. The third-order valence-electron chi connectivity index (χ3n) is 5.49. The van der Waals surface area contributed by atoms with Crippen molar-refractivity contribution in [2.24, 2.45) is 5.92 Å². The lowest BCUT2D eigenvalue weighted by Crippen LogP contribution is -2.39. The number of fused-ring (bicyclic) bond motifs is 1. The lowest BCUT2D eigenvalue weighted by Gasteiger charge is -2.28. The highest BCUT2D eigenvalue weighted by atomic mass is 32.1. The van der Waals surface area contributed by atoms with E-state index in [4.69, 9.17) is 9.72 Å². The monoisotopic (exact) mass is 471 g/mol. The van der Waals surface area contributed by atoms with Gasteiger partial charge in [-0.15, -0.1) is 11.3 Å². The molecule has 0 aliphatic carbocycles. The quantitative estimate of drug-likeness (QED) is 0.464. The third-order valence-corrected chi connectivity index (χ3v) is 6.36. The van der Waals surface area contributed by atoms with Crippen LogP contribution < -0.4 is 5.56 Å². The second-order valence-corrected chi connectivity index (χ2v) is 11.2. The maximum absolute atomic E-state index is 13.1. The van der Waals surface area contributed by atoms with Gasteiger partial charge in [-0.3, -0.25) is 9.69 Å². The first kappa shape index (κ1) is 25.6. The Kier molecular flexibility index (Phi) is 8.11. The molecule has 6 nitrogen and oxygen atoms in total. The number of ether oxygens (including phenoxy) is 1. The Balaban J connectivity index is 1.83. The van der Waals surface area contributed by atoms with Gasteiger partial charge in [0.1, 0.15) is 10.7 Å². The molecule has 0 unspecified atom stereocenters. The molecule has 2 heterocycles. The molecular weight excluding hydrogens is 434 g/mol. The number of aryl methyl sites for hydroxylation is 2. The zero-order valence-corrected chi connectivity index (χ0v) is 21.7. The van der Waals surface area contributed by atoms with Gasteiger partial charge in [-0.25, -0.2) is 4.98 Å². The van der Waals surface area contributed by atoms with E-state index in [0.29, 0.717) is 30.2 Å². The van der Waals surface area contributed by atoms with Crippen molar-refractivity contribution in [2.75, 3.05) is 19.7 Å². The number of rotatable bonds is 9. The largest absolute Gasteiger partial charge is 0.389 e. The van der Waals surface area contributed by atoms with Crippen molar-refractivity contribution in [2.45, 2.75) is 66.7 Å². The molecule has 0 saturated heterocycles. The SMILES string of the molecule is Cc1ccc(-c2csc3nc(CN(CC(C)C)C[C@H](O)COC(C)(C)C)[nH]c(=O)c23)cc1C. The second kappa shape index (κ2) is 10.5. The molecule has 0 aliphatic heterocycles. The summed E-state index contributed by atoms with van der Waals surface area (Å²) in [5.74, 6) is 1.03. The van der Waals surface area contributed by atoms with Gasteiger partial charge < -0.3 is 14.8 Å². The Bertz CT molecular complexity index is 1140. The number of aromatic nitrogens is 2. The van der Waals surface area contributed by atoms with E-state index in [1.54, 1.807) is 0 Å². The number of aliphatic hydroxyl groups excluding tert-OH is 1. The van der Waals surface area contributed by atoms with Gasteiger partial charge in [0.2, 0.25) is 0 Å². The van der Waals surface area contributed by atoms with Crippen molar-refractivity contribution in [3.63, 3.8) is 0 Å². The smallest absolute Gasteiger partial charge is 0.260 e. The average Bonchev–Trinajstić information content (AvgIpc) is 3.12. The van der Waals surface area contributed by atoms with Crippen molar-refractivity contribution in [1.82, 2.24) is 14.9 Å². The lowest BCUT2D eigenvalue weighted by atomic mass is 10.0. The van der Waals surface area contributed by atoms with Crippen LogP contribution in [0.5, 0.6) is 0 Å². The highest BCUT2D eigenvalue weighted by Crippen LogP contribution is 2.31. The molecule has 0 amide bonds. The summed E-state index contributed by atoms with van der Waals surface area (Å²) in [5, 5.41) is 13.2. The fourth-order valence-electron chi connectivity index (χ4n) is 3.82. The average molecular weight is 472 g/mol. The van der Waals surface area contributed by atoms with E-state index in [-0.39, 0.29) is 17.8 Å². The molecule has 2 N–H and O–H groups in total. The number of benzene rings is 1. The summed E-state index contributed by atoms with van der Waals surface area (Å²) in [6.07, 6.45) is -0.614. The van der Waals surface area contributed by atoms with E-state index in [0.717, 1.165) is 22.5 Å². The molecule has 7 heteroatoms. The number of nitrogens with zero attached hydrogens (tertiary/aromatic N) is 2. The van der Waals surface area contributed by atoms with Crippen molar-refractivity contribution in [1.29, 1.82) is 0 Å². The maximum atomic E-state index is 13.1. The van der Waals surface area contributed by atoms with Crippen molar-refractivity contribution < 1.29 is 9.84 Å². The molecule has 0 radical (unpaired) electrons. The summed E-state index contributed by atoms with van der Waals surface area (Å²) in [4.78, 5) is 23.7. The van der Waals surface area contributed by atoms with Crippen molar-refractivity contribution in [3.8, 4) is 11.1 Å². The Morgan fingerprint density at radius 2 is 1.91 bits per heavy atom. The van der Waals surface area contributed by atoms with Crippen LogP contribution in [-0.4, -0.2) is 51.4 Å². The number of aliphatic hydroxyl groups is 1. The summed E-state index contributed by atoms with van der Waals surface area (Å²) in [7, 11) is 0. The molecule has 0 aliphatic rings. The molecule has 3 rings (SSSR count). The van der Waals surface area contributed by atoms with Crippen LogP contribution in [0.1, 0.15) is 51.6 Å². The van der Waals surface area contributed by atoms with Crippen LogP contribution in [-0.2, 0) is 11.3 Å². The number of H-pyrrole nitrogens is 1. The minimum atomic E-state index is -0.614. The minimum Gasteiger partial charge on any atom is -0.389 e. The zero-order valence-electron chi connectivity index (χ0n) is 20.9. The number of thiophene rings is 1. The van der Waals surface area contributed by atoms with Gasteiger partial charge in [-0.2, -0.15) is 0 Å². The maximum Gasteiger partial charge on any atom is 0.260 e. The Morgan fingerprint density at radius 1 is 1.18 bits per heavy atom. The predicted molar refractivity (Wildman–Crippen MR) is 137 cm³/mol. The number of hydrogen-bond donors (Lipinski definition) is 2. The Labute approximate surface area is 200 Å². The lowest BCUT2D eigenvalue weighted by molar-refractivity contribution is -0.0574. The molecule has 1 atom stereocenters. The number of aromatic amines is 1. The van der Waals surface area contributed by atoms with Crippen LogP contribution in [0.15, 0.2) is 28.4 Å². The van der Waals surface area contributed by atoms with Gasteiger partial charge in [-0.1, -0.05) is 32.0 Å². The van der Waals surface area contributed by atoms with Gasteiger partial charge in [0, 0.05) is 24.0 Å². The van der Waals surface area contributed by atoms with Crippen molar-refractivity contribution >= 4 is 21.6 Å². The second-order valence-electron chi connectivity index (χ2n) is 10.3. The predicted octanol–water partition coefficient (Wildman–Crippen LogP) is 4.90. The Morgan fingerprint density at radius 3 is 2.55 bits per heavy atom. The summed E-state index contributed by atoms with van der Waals surface area (Å²) in [6.45, 7) is 16.3. The first-order chi connectivity index (χ1) is 15.4. The van der Waals surface area contributed by atoms with Gasteiger partial charge in [0.05, 0.1) is 30.2 Å². The van der Waals surface area contributed by atoms with E-state index >= 15 is 0 Å². The molecule has 0 spiro atoms.